The van der Waals surface area contributed by atoms with Crippen LogP contribution >= 0.6 is 0 Å². The third kappa shape index (κ3) is 2.55. The second-order valence-corrected chi connectivity index (χ2v) is 3.86. The highest BCUT2D eigenvalue weighted by atomic mass is 19.4. The Labute approximate surface area is 99.7 Å². The van der Waals surface area contributed by atoms with Crippen LogP contribution in [0.3, 0.4) is 0 Å². The second-order valence-electron chi connectivity index (χ2n) is 3.86. The van der Waals surface area contributed by atoms with Crippen LogP contribution in [0.2, 0.25) is 0 Å². The first kappa shape index (κ1) is 12.7. The van der Waals surface area contributed by atoms with Crippen LogP contribution in [0.25, 0.3) is 0 Å². The highest BCUT2D eigenvalue weighted by Crippen LogP contribution is 2.32. The fourth-order valence-electron chi connectivity index (χ4n) is 1.74. The molecule has 0 spiro atoms. The number of nitrogens with one attached hydrogen (secondary N) is 1. The molecule has 1 fully saturated rings. The maximum absolute atomic E-state index is 13.6. The van der Waals surface area contributed by atoms with Crippen molar-refractivity contribution in [1.82, 2.24) is 5.32 Å². The summed E-state index contributed by atoms with van der Waals surface area (Å²) in [7, 11) is 0. The smallest absolute Gasteiger partial charge is 0.416 e. The minimum atomic E-state index is -4.59. The molecule has 1 amide bonds. The number of benzene rings is 1. The summed E-state index contributed by atoms with van der Waals surface area (Å²) in [6, 6.07) is 1.60. The molecule has 1 saturated heterocycles. The van der Waals surface area contributed by atoms with Gasteiger partial charge in [0.25, 0.3) is 0 Å². The summed E-state index contributed by atoms with van der Waals surface area (Å²) in [6.45, 7) is 0.108. The van der Waals surface area contributed by atoms with Crippen molar-refractivity contribution in [2.75, 3.05) is 6.61 Å². The van der Waals surface area contributed by atoms with Gasteiger partial charge in [-0.3, -0.25) is 0 Å². The molecule has 1 atom stereocenters. The summed E-state index contributed by atoms with van der Waals surface area (Å²) in [5.74, 6) is -0.989. The molecular formula is C11H9F4NO2. The van der Waals surface area contributed by atoms with E-state index in [0.29, 0.717) is 12.5 Å². The predicted octanol–water partition coefficient (Wildman–Crippen LogP) is 3.02. The van der Waals surface area contributed by atoms with E-state index in [1.807, 2.05) is 0 Å². The van der Waals surface area contributed by atoms with Crippen molar-refractivity contribution < 1.29 is 27.1 Å². The van der Waals surface area contributed by atoms with Crippen molar-refractivity contribution in [1.29, 1.82) is 0 Å². The molecule has 3 nitrogen and oxygen atoms in total. The summed E-state index contributed by atoms with van der Waals surface area (Å²) in [5, 5.41) is 2.35. The van der Waals surface area contributed by atoms with Crippen molar-refractivity contribution in [3.8, 4) is 0 Å². The Balaban J connectivity index is 2.27. The third-order valence-corrected chi connectivity index (χ3v) is 2.63. The Morgan fingerprint density at radius 3 is 2.61 bits per heavy atom. The van der Waals surface area contributed by atoms with Gasteiger partial charge in [-0.05, 0) is 12.1 Å². The molecule has 18 heavy (non-hydrogen) atoms. The molecule has 1 aromatic carbocycles. The predicted molar refractivity (Wildman–Crippen MR) is 53.2 cm³/mol. The van der Waals surface area contributed by atoms with E-state index >= 15 is 0 Å². The molecule has 0 aliphatic carbocycles. The van der Waals surface area contributed by atoms with Crippen LogP contribution in [-0.2, 0) is 10.9 Å². The van der Waals surface area contributed by atoms with Crippen LogP contribution in [0.1, 0.15) is 23.6 Å². The van der Waals surface area contributed by atoms with Gasteiger partial charge in [-0.25, -0.2) is 9.18 Å². The number of hydrogen-bond acceptors (Lipinski definition) is 2. The van der Waals surface area contributed by atoms with E-state index < -0.39 is 29.7 Å². The lowest BCUT2D eigenvalue weighted by Crippen LogP contribution is -2.35. The Hall–Kier alpha value is -1.79. The lowest BCUT2D eigenvalue weighted by molar-refractivity contribution is -0.137. The van der Waals surface area contributed by atoms with Gasteiger partial charge < -0.3 is 10.1 Å². The molecule has 7 heteroatoms. The molecule has 98 valence electrons. The third-order valence-electron chi connectivity index (χ3n) is 2.63. The van der Waals surface area contributed by atoms with Crippen LogP contribution in [0, 0.1) is 5.82 Å². The summed E-state index contributed by atoms with van der Waals surface area (Å²) < 4.78 is 55.2. The number of ether oxygens (including phenoxy) is 1. The van der Waals surface area contributed by atoms with E-state index in [-0.39, 0.29) is 12.2 Å². The van der Waals surface area contributed by atoms with Crippen LogP contribution in [-0.4, -0.2) is 12.7 Å². The van der Waals surface area contributed by atoms with Gasteiger partial charge in [-0.1, -0.05) is 6.07 Å². The molecule has 1 heterocycles. The van der Waals surface area contributed by atoms with Crippen molar-refractivity contribution in [2.24, 2.45) is 0 Å². The zero-order chi connectivity index (χ0) is 13.3. The van der Waals surface area contributed by atoms with Crippen molar-refractivity contribution >= 4 is 6.09 Å². The fraction of sp³-hybridized carbons (Fsp3) is 0.364. The number of alkyl halides is 3. The van der Waals surface area contributed by atoms with Crippen LogP contribution in [0.5, 0.6) is 0 Å². The molecule has 2 rings (SSSR count). The topological polar surface area (TPSA) is 38.3 Å². The number of rotatable bonds is 1. The zero-order valence-electron chi connectivity index (χ0n) is 9.05. The van der Waals surface area contributed by atoms with Gasteiger partial charge in [0.15, 0.2) is 0 Å². The summed E-state index contributed by atoms with van der Waals surface area (Å²) in [5.41, 5.74) is -1.03. The average molecular weight is 263 g/mol. The van der Waals surface area contributed by atoms with Crippen molar-refractivity contribution in [2.45, 2.75) is 18.6 Å². The molecule has 1 aliphatic rings. The van der Waals surface area contributed by atoms with Gasteiger partial charge in [-0.15, -0.1) is 0 Å². The Kier molecular flexibility index (Phi) is 3.14. The first-order valence-electron chi connectivity index (χ1n) is 5.18. The van der Waals surface area contributed by atoms with Gasteiger partial charge in [0.2, 0.25) is 0 Å². The maximum atomic E-state index is 13.6. The summed E-state index contributed by atoms with van der Waals surface area (Å²) in [6.07, 6.45) is -4.97. The van der Waals surface area contributed by atoms with Gasteiger partial charge in [-0.2, -0.15) is 13.2 Å². The van der Waals surface area contributed by atoms with Crippen LogP contribution in [0.15, 0.2) is 18.2 Å². The van der Waals surface area contributed by atoms with Crippen LogP contribution in [0.4, 0.5) is 22.4 Å². The largest absolute Gasteiger partial charge is 0.449 e. The normalized spacial score (nSPS) is 20.2. The minimum absolute atomic E-state index is 0.0275. The number of halogens is 4. The molecule has 1 N–H and O–H groups in total. The number of amides is 1. The second kappa shape index (κ2) is 4.47. The molecule has 0 aromatic heterocycles. The first-order chi connectivity index (χ1) is 8.38. The van der Waals surface area contributed by atoms with E-state index in [1.54, 1.807) is 0 Å². The van der Waals surface area contributed by atoms with Gasteiger partial charge in [0.05, 0.1) is 18.2 Å². The van der Waals surface area contributed by atoms with E-state index in [2.05, 4.69) is 10.1 Å². The minimum Gasteiger partial charge on any atom is -0.449 e. The Morgan fingerprint density at radius 2 is 2.06 bits per heavy atom. The molecule has 0 radical (unpaired) electrons. The highest BCUT2D eigenvalue weighted by molar-refractivity contribution is 5.68. The quantitative estimate of drug-likeness (QED) is 0.791. The van der Waals surface area contributed by atoms with Gasteiger partial charge in [0, 0.05) is 12.0 Å². The standard InChI is InChI=1S/C11H9F4NO2/c12-8-5-6(11(13,14)15)1-2-7(8)9-3-4-18-10(17)16-9/h1-2,5,9H,3-4H2,(H,16,17)/t9-/m0/s1. The van der Waals surface area contributed by atoms with Crippen LogP contribution < -0.4 is 5.32 Å². The first-order valence-corrected chi connectivity index (χ1v) is 5.18. The van der Waals surface area contributed by atoms with Crippen molar-refractivity contribution in [3.63, 3.8) is 0 Å². The maximum Gasteiger partial charge on any atom is 0.416 e. The average Bonchev–Trinajstić information content (AvgIpc) is 2.27. The summed E-state index contributed by atoms with van der Waals surface area (Å²) in [4.78, 5) is 10.9. The van der Waals surface area contributed by atoms with E-state index in [9.17, 15) is 22.4 Å². The van der Waals surface area contributed by atoms with E-state index in [0.717, 1.165) is 12.1 Å². The number of hydrogen-bond donors (Lipinski definition) is 1. The molecule has 1 aliphatic heterocycles. The zero-order valence-corrected chi connectivity index (χ0v) is 9.05. The fourth-order valence-corrected chi connectivity index (χ4v) is 1.74. The SMILES string of the molecule is O=C1N[C@H](c2ccc(C(F)(F)F)cc2F)CCO1. The van der Waals surface area contributed by atoms with Gasteiger partial charge in [0.1, 0.15) is 5.82 Å². The number of cyclic esters (lactones) is 1. The lowest BCUT2D eigenvalue weighted by atomic mass is 10.0. The van der Waals surface area contributed by atoms with E-state index in [1.165, 1.54) is 0 Å². The highest BCUT2D eigenvalue weighted by Gasteiger charge is 2.32. The van der Waals surface area contributed by atoms with Gasteiger partial charge >= 0.3 is 12.3 Å². The molecule has 1 aromatic rings. The monoisotopic (exact) mass is 263 g/mol. The van der Waals surface area contributed by atoms with E-state index in [4.69, 9.17) is 0 Å². The molecule has 0 bridgehead atoms. The summed E-state index contributed by atoms with van der Waals surface area (Å²) >= 11 is 0. The molecule has 0 saturated carbocycles. The Morgan fingerprint density at radius 1 is 1.33 bits per heavy atom. The van der Waals surface area contributed by atoms with Crippen molar-refractivity contribution in [3.05, 3.63) is 35.1 Å². The lowest BCUT2D eigenvalue weighted by Gasteiger charge is -2.24. The number of alkyl carbamates (subject to hydrolysis) is 1. The Bertz CT molecular complexity index is 473. The molecule has 0 unspecified atom stereocenters. The molecular weight excluding hydrogens is 254 g/mol. The number of carbonyl (C=O) groups excluding carboxylic acids is 1. The number of carbonyl (C=O) groups is 1.